The Labute approximate surface area is 232 Å². The molecule has 3 atom stereocenters. The van der Waals surface area contributed by atoms with Gasteiger partial charge in [0.25, 0.3) is 0 Å². The lowest BCUT2D eigenvalue weighted by Crippen LogP contribution is -2.58. The minimum absolute atomic E-state index is 0.0346. The highest BCUT2D eigenvalue weighted by Gasteiger charge is 2.40. The van der Waals surface area contributed by atoms with Crippen molar-refractivity contribution < 1.29 is 41.6 Å². The Kier molecular flexibility index (Phi) is 12.3. The molecule has 1 unspecified atom stereocenters. The molecule has 0 saturated carbocycles. The standard InChI is InChI=1S/C23H39FN3O8PS2/c1-22(2,3)19(28)37-11-9-32-36(31,33-10-12-38-20(29)23(4,5)6)34-14-15-7-8-17(35-15)27-13-16(24)18(25)26-21(27)30/h15-17H,7-14H2,1-6H3,(H2,25,26,30)/t15-,16?,17+/m1/s1. The maximum Gasteiger partial charge on any atom is 0.474 e. The number of halogens is 1. The number of rotatable bonds is 12. The SMILES string of the molecule is CC(C)(C)C(=O)SCCOP(=O)(OCCSC(=O)C(C)(C)C)OC[C@H]1CC[C@@H](N2CC(F)C(=N)NC2=O)O1. The van der Waals surface area contributed by atoms with E-state index in [0.717, 1.165) is 23.5 Å². The summed E-state index contributed by atoms with van der Waals surface area (Å²) in [5.74, 6) is 0.00885. The third-order valence-corrected chi connectivity index (χ3v) is 9.33. The zero-order valence-electron chi connectivity index (χ0n) is 22.7. The van der Waals surface area contributed by atoms with Gasteiger partial charge in [0.05, 0.1) is 32.5 Å². The molecule has 218 valence electrons. The van der Waals surface area contributed by atoms with Crippen LogP contribution >= 0.6 is 31.3 Å². The molecule has 2 N–H and O–H groups in total. The van der Waals surface area contributed by atoms with Gasteiger partial charge in [-0.2, -0.15) is 0 Å². The van der Waals surface area contributed by atoms with E-state index in [2.05, 4.69) is 5.32 Å². The Bertz CT molecular complexity index is 889. The van der Waals surface area contributed by atoms with Gasteiger partial charge in [-0.1, -0.05) is 65.1 Å². The second-order valence-corrected chi connectivity index (χ2v) is 14.7. The highest BCUT2D eigenvalue weighted by Crippen LogP contribution is 2.50. The van der Waals surface area contributed by atoms with Gasteiger partial charge in [-0.25, -0.2) is 13.8 Å². The molecule has 2 amide bonds. The van der Waals surface area contributed by atoms with Crippen LogP contribution in [0.3, 0.4) is 0 Å². The number of alkyl halides is 1. The largest absolute Gasteiger partial charge is 0.474 e. The maximum absolute atomic E-state index is 13.9. The van der Waals surface area contributed by atoms with Gasteiger partial charge in [0.1, 0.15) is 12.1 Å². The Hall–Kier alpha value is -1.02. The van der Waals surface area contributed by atoms with Crippen LogP contribution in [0, 0.1) is 16.2 Å². The normalized spacial score (nSPS) is 23.0. The lowest BCUT2D eigenvalue weighted by molar-refractivity contribution is -0.118. The Morgan fingerprint density at radius 2 is 1.58 bits per heavy atom. The number of urea groups is 1. The predicted molar refractivity (Wildman–Crippen MR) is 145 cm³/mol. The van der Waals surface area contributed by atoms with Gasteiger partial charge in [-0.05, 0) is 12.8 Å². The maximum atomic E-state index is 13.9. The van der Waals surface area contributed by atoms with Crippen molar-refractivity contribution >= 4 is 53.4 Å². The molecular weight excluding hydrogens is 560 g/mol. The molecule has 2 aliphatic heterocycles. The molecule has 0 spiro atoms. The summed E-state index contributed by atoms with van der Waals surface area (Å²) in [6.45, 7) is 10.2. The van der Waals surface area contributed by atoms with E-state index < -0.39 is 49.0 Å². The molecule has 0 aromatic heterocycles. The number of nitrogens with zero attached hydrogens (tertiary/aromatic N) is 1. The number of hydrogen-bond acceptors (Lipinski definition) is 11. The van der Waals surface area contributed by atoms with Crippen LogP contribution < -0.4 is 5.32 Å². The molecule has 0 radical (unpaired) electrons. The smallest absolute Gasteiger partial charge is 0.353 e. The van der Waals surface area contributed by atoms with E-state index in [9.17, 15) is 23.3 Å². The number of phosphoric ester groups is 1. The predicted octanol–water partition coefficient (Wildman–Crippen LogP) is 4.60. The zero-order valence-corrected chi connectivity index (χ0v) is 25.3. The first-order valence-electron chi connectivity index (χ1n) is 12.4. The number of carbonyl (C=O) groups excluding carboxylic acids is 3. The van der Waals surface area contributed by atoms with Crippen molar-refractivity contribution in [3.05, 3.63) is 0 Å². The summed E-state index contributed by atoms with van der Waals surface area (Å²) in [5, 5.41) is 9.51. The summed E-state index contributed by atoms with van der Waals surface area (Å²) in [5.41, 5.74) is -1.05. The van der Waals surface area contributed by atoms with Crippen LogP contribution in [0.5, 0.6) is 0 Å². The number of amidine groups is 1. The third kappa shape index (κ3) is 10.5. The van der Waals surface area contributed by atoms with Gasteiger partial charge in [0.15, 0.2) is 16.4 Å². The molecule has 0 aliphatic carbocycles. The molecule has 2 saturated heterocycles. The second kappa shape index (κ2) is 14.0. The van der Waals surface area contributed by atoms with Crippen LogP contribution in [0.1, 0.15) is 54.4 Å². The van der Waals surface area contributed by atoms with Gasteiger partial charge >= 0.3 is 13.9 Å². The number of ether oxygens (including phenoxy) is 1. The van der Waals surface area contributed by atoms with Crippen LogP contribution in [0.2, 0.25) is 0 Å². The molecule has 2 rings (SSSR count). The van der Waals surface area contributed by atoms with Crippen LogP contribution in [0.15, 0.2) is 0 Å². The van der Waals surface area contributed by atoms with E-state index in [4.69, 9.17) is 23.7 Å². The summed E-state index contributed by atoms with van der Waals surface area (Å²) in [6.07, 6.45) is -2.03. The summed E-state index contributed by atoms with van der Waals surface area (Å²) in [4.78, 5) is 37.6. The summed E-state index contributed by atoms with van der Waals surface area (Å²) >= 11 is 2.12. The van der Waals surface area contributed by atoms with E-state index in [1.807, 2.05) is 0 Å². The second-order valence-electron chi connectivity index (χ2n) is 10.9. The van der Waals surface area contributed by atoms with Crippen LogP contribution in [-0.2, 0) is 32.5 Å². The van der Waals surface area contributed by atoms with Crippen LogP contribution in [0.25, 0.3) is 0 Å². The van der Waals surface area contributed by atoms with Crippen molar-refractivity contribution in [3.8, 4) is 0 Å². The number of phosphoric acid groups is 1. The van der Waals surface area contributed by atoms with E-state index in [1.54, 1.807) is 41.5 Å². The lowest BCUT2D eigenvalue weighted by Gasteiger charge is -2.34. The fourth-order valence-electron chi connectivity index (χ4n) is 3.19. The topological polar surface area (TPSA) is 144 Å². The fourth-order valence-corrected chi connectivity index (χ4v) is 6.20. The number of amides is 2. The van der Waals surface area contributed by atoms with E-state index >= 15 is 0 Å². The highest BCUT2D eigenvalue weighted by atomic mass is 32.2. The van der Waals surface area contributed by atoms with Crippen LogP contribution in [-0.4, -0.2) is 83.4 Å². The van der Waals surface area contributed by atoms with Crippen molar-refractivity contribution in [1.29, 1.82) is 5.41 Å². The van der Waals surface area contributed by atoms with Gasteiger partial charge in [-0.3, -0.25) is 38.8 Å². The summed E-state index contributed by atoms with van der Waals surface area (Å²) < 4.78 is 49.5. The Morgan fingerprint density at radius 3 is 2.08 bits per heavy atom. The summed E-state index contributed by atoms with van der Waals surface area (Å²) in [7, 11) is -4.07. The first kappa shape index (κ1) is 33.2. The van der Waals surface area contributed by atoms with Crippen molar-refractivity contribution in [3.63, 3.8) is 0 Å². The Morgan fingerprint density at radius 1 is 1.05 bits per heavy atom. The van der Waals surface area contributed by atoms with Crippen LogP contribution in [0.4, 0.5) is 9.18 Å². The molecule has 38 heavy (non-hydrogen) atoms. The van der Waals surface area contributed by atoms with Gasteiger partial charge in [-0.15, -0.1) is 0 Å². The minimum Gasteiger partial charge on any atom is -0.353 e. The fraction of sp³-hybridized carbons (Fsp3) is 0.826. The molecule has 11 nitrogen and oxygen atoms in total. The Balaban J connectivity index is 1.90. The third-order valence-electron chi connectivity index (χ3n) is 5.38. The molecule has 0 bridgehead atoms. The van der Waals surface area contributed by atoms with E-state index in [0.29, 0.717) is 12.8 Å². The number of thioether (sulfide) groups is 2. The minimum atomic E-state index is -4.07. The molecular formula is C23H39FN3O8PS2. The van der Waals surface area contributed by atoms with Gasteiger partial charge in [0.2, 0.25) is 0 Å². The van der Waals surface area contributed by atoms with Crippen molar-refractivity contribution in [1.82, 2.24) is 10.2 Å². The zero-order chi connectivity index (χ0) is 28.7. The van der Waals surface area contributed by atoms with Crippen molar-refractivity contribution in [2.75, 3.05) is 37.9 Å². The van der Waals surface area contributed by atoms with Crippen molar-refractivity contribution in [2.45, 2.75) is 72.9 Å². The molecule has 2 heterocycles. The van der Waals surface area contributed by atoms with Crippen molar-refractivity contribution in [2.24, 2.45) is 10.8 Å². The average molecular weight is 600 g/mol. The van der Waals surface area contributed by atoms with Gasteiger partial charge < -0.3 is 4.74 Å². The average Bonchev–Trinajstić information content (AvgIpc) is 3.28. The van der Waals surface area contributed by atoms with E-state index in [1.165, 1.54) is 4.90 Å². The highest BCUT2D eigenvalue weighted by molar-refractivity contribution is 8.14. The summed E-state index contributed by atoms with van der Waals surface area (Å²) in [6, 6.07) is -0.614. The molecule has 2 aliphatic rings. The molecule has 15 heteroatoms. The van der Waals surface area contributed by atoms with Gasteiger partial charge in [0, 0.05) is 22.3 Å². The lowest BCUT2D eigenvalue weighted by atomic mass is 9.99. The van der Waals surface area contributed by atoms with E-state index in [-0.39, 0.29) is 48.1 Å². The quantitative estimate of drug-likeness (QED) is 0.241. The molecule has 2 fully saturated rings. The number of carbonyl (C=O) groups is 3. The first-order chi connectivity index (χ1) is 17.5. The first-order valence-corrected chi connectivity index (χ1v) is 15.8. The number of nitrogens with one attached hydrogen (secondary N) is 2. The molecule has 0 aromatic rings. The molecule has 0 aromatic carbocycles. The monoisotopic (exact) mass is 599 g/mol. The number of hydrogen-bond donors (Lipinski definition) is 2.